The Morgan fingerprint density at radius 3 is 2.68 bits per heavy atom. The molecule has 170 valence electrons. The zero-order valence-corrected chi connectivity index (χ0v) is 20.7. The highest BCUT2D eigenvalue weighted by Crippen LogP contribution is 2.68. The summed E-state index contributed by atoms with van der Waals surface area (Å²) in [6, 6.07) is 5.37. The third-order valence-electron chi connectivity index (χ3n) is 10.5. The minimum Gasteiger partial charge on any atom is -0.507 e. The Kier molecular flexibility index (Phi) is 5.57. The van der Waals surface area contributed by atoms with Gasteiger partial charge in [0, 0.05) is 21.7 Å². The summed E-state index contributed by atoms with van der Waals surface area (Å²) in [4.78, 5) is 4.66. The number of halogens is 1. The number of hydrogen-bond acceptors (Lipinski definition) is 3. The molecule has 0 aliphatic heterocycles. The van der Waals surface area contributed by atoms with Crippen LogP contribution in [-0.4, -0.2) is 28.6 Å². The van der Waals surface area contributed by atoms with Crippen LogP contribution < -0.4 is 0 Å². The van der Waals surface area contributed by atoms with Crippen LogP contribution in [0.25, 0.3) is 0 Å². The molecule has 4 fully saturated rings. The number of benzene rings is 1. The lowest BCUT2D eigenvalue weighted by Crippen LogP contribution is -2.56. The molecular weight excluding hydrogens is 450 g/mol. The number of aromatic hydroxyl groups is 1. The zero-order valence-electron chi connectivity index (χ0n) is 19.1. The number of phenols is 1. The second-order valence-corrected chi connectivity index (χ2v) is 12.5. The van der Waals surface area contributed by atoms with Crippen molar-refractivity contribution < 1.29 is 10.2 Å². The summed E-state index contributed by atoms with van der Waals surface area (Å²) in [5, 5.41) is 22.0. The molecule has 1 aromatic carbocycles. The van der Waals surface area contributed by atoms with E-state index in [0.29, 0.717) is 23.4 Å². The van der Waals surface area contributed by atoms with E-state index in [1.807, 2.05) is 12.1 Å². The molecule has 7 unspecified atom stereocenters. The van der Waals surface area contributed by atoms with E-state index < -0.39 is 5.60 Å². The Bertz CT molecular complexity index is 871. The van der Waals surface area contributed by atoms with Crippen molar-refractivity contribution in [2.75, 3.05) is 6.54 Å². The average Bonchev–Trinajstić information content (AvgIpc) is 3.01. The Morgan fingerprint density at radius 2 is 1.84 bits per heavy atom. The summed E-state index contributed by atoms with van der Waals surface area (Å²) in [7, 11) is 0. The molecule has 0 saturated heterocycles. The highest BCUT2D eigenvalue weighted by molar-refractivity contribution is 9.10. The van der Waals surface area contributed by atoms with Gasteiger partial charge in [-0.05, 0) is 98.7 Å². The van der Waals surface area contributed by atoms with E-state index in [0.717, 1.165) is 41.5 Å². The van der Waals surface area contributed by atoms with Crippen molar-refractivity contribution >= 4 is 22.1 Å². The van der Waals surface area contributed by atoms with Crippen molar-refractivity contribution in [1.29, 1.82) is 0 Å². The second-order valence-electron chi connectivity index (χ2n) is 11.6. The van der Waals surface area contributed by atoms with Crippen molar-refractivity contribution in [3.63, 3.8) is 0 Å². The highest BCUT2D eigenvalue weighted by Gasteiger charge is 2.64. The maximum atomic E-state index is 11.8. The van der Waals surface area contributed by atoms with Gasteiger partial charge in [0.15, 0.2) is 0 Å². The number of nitrogens with zero attached hydrogens (tertiary/aromatic N) is 1. The maximum Gasteiger partial charge on any atom is 0.124 e. The summed E-state index contributed by atoms with van der Waals surface area (Å²) in [6.07, 6.45) is 14.7. The van der Waals surface area contributed by atoms with Gasteiger partial charge in [0.1, 0.15) is 5.75 Å². The van der Waals surface area contributed by atoms with E-state index in [-0.39, 0.29) is 11.2 Å². The van der Waals surface area contributed by atoms with Crippen molar-refractivity contribution in [3.8, 4) is 5.75 Å². The molecule has 0 aromatic heterocycles. The van der Waals surface area contributed by atoms with E-state index in [1.54, 1.807) is 12.3 Å². The first kappa shape index (κ1) is 21.9. The standard InChI is InChI=1S/C27H38BrNO2/c1-25-12-4-3-5-19(25)6-8-21-22(25)10-13-26(2)23(21)11-14-27(26,31)17-29-16-18-15-20(28)7-9-24(18)30/h7,9,15-16,19,21-23,30-31H,3-6,8,10-14,17H2,1-2H3. The molecule has 2 N–H and O–H groups in total. The fraction of sp³-hybridized carbons (Fsp3) is 0.741. The Labute approximate surface area is 195 Å². The minimum absolute atomic E-state index is 0.0390. The summed E-state index contributed by atoms with van der Waals surface area (Å²) < 4.78 is 0.920. The van der Waals surface area contributed by atoms with Crippen LogP contribution in [0.3, 0.4) is 0 Å². The topological polar surface area (TPSA) is 52.8 Å². The molecule has 0 spiro atoms. The zero-order chi connectivity index (χ0) is 21.9. The van der Waals surface area contributed by atoms with Gasteiger partial charge in [0.05, 0.1) is 12.1 Å². The molecule has 0 amide bonds. The van der Waals surface area contributed by atoms with Gasteiger partial charge in [-0.2, -0.15) is 0 Å². The predicted octanol–water partition coefficient (Wildman–Crippen LogP) is 6.74. The number of aliphatic imine (C=N–C) groups is 1. The van der Waals surface area contributed by atoms with Crippen LogP contribution in [0.15, 0.2) is 27.7 Å². The van der Waals surface area contributed by atoms with Crippen molar-refractivity contribution in [3.05, 3.63) is 28.2 Å². The normalized spacial score (nSPS) is 44.6. The van der Waals surface area contributed by atoms with Gasteiger partial charge < -0.3 is 10.2 Å². The maximum absolute atomic E-state index is 11.8. The lowest BCUT2D eigenvalue weighted by atomic mass is 9.44. The minimum atomic E-state index is -0.731. The van der Waals surface area contributed by atoms with Crippen molar-refractivity contribution in [1.82, 2.24) is 0 Å². The molecular formula is C27H38BrNO2. The van der Waals surface area contributed by atoms with E-state index in [9.17, 15) is 10.2 Å². The van der Waals surface area contributed by atoms with E-state index in [2.05, 4.69) is 34.8 Å². The molecule has 4 aliphatic rings. The first-order chi connectivity index (χ1) is 14.8. The second kappa shape index (κ2) is 7.87. The van der Waals surface area contributed by atoms with E-state index >= 15 is 0 Å². The van der Waals surface area contributed by atoms with Gasteiger partial charge >= 0.3 is 0 Å². The van der Waals surface area contributed by atoms with E-state index in [4.69, 9.17) is 0 Å². The van der Waals surface area contributed by atoms with Crippen LogP contribution in [0.1, 0.15) is 83.6 Å². The lowest BCUT2D eigenvalue weighted by Gasteiger charge is -2.61. The molecule has 1 aromatic rings. The molecule has 3 nitrogen and oxygen atoms in total. The fourth-order valence-electron chi connectivity index (χ4n) is 8.59. The van der Waals surface area contributed by atoms with Gasteiger partial charge in [0.25, 0.3) is 0 Å². The van der Waals surface area contributed by atoms with Crippen LogP contribution >= 0.6 is 15.9 Å². The van der Waals surface area contributed by atoms with Crippen molar-refractivity contribution in [2.24, 2.45) is 39.5 Å². The molecule has 5 rings (SSSR count). The smallest absolute Gasteiger partial charge is 0.124 e. The summed E-state index contributed by atoms with van der Waals surface area (Å²) in [6.45, 7) is 5.41. The number of hydrogen-bond donors (Lipinski definition) is 2. The van der Waals surface area contributed by atoms with Crippen LogP contribution in [0.4, 0.5) is 0 Å². The third-order valence-corrected chi connectivity index (χ3v) is 11.0. The molecule has 0 bridgehead atoms. The largest absolute Gasteiger partial charge is 0.507 e. The van der Waals surface area contributed by atoms with Crippen LogP contribution in [0.5, 0.6) is 5.75 Å². The number of phenolic OH excluding ortho intramolecular Hbond substituents is 1. The molecule has 0 radical (unpaired) electrons. The third kappa shape index (κ3) is 3.42. The fourth-order valence-corrected chi connectivity index (χ4v) is 8.97. The summed E-state index contributed by atoms with van der Waals surface area (Å²) >= 11 is 3.46. The van der Waals surface area contributed by atoms with Crippen LogP contribution in [0, 0.1) is 34.5 Å². The molecule has 4 heteroatoms. The van der Waals surface area contributed by atoms with Gasteiger partial charge in [-0.1, -0.05) is 42.6 Å². The monoisotopic (exact) mass is 487 g/mol. The quantitative estimate of drug-likeness (QED) is 0.463. The van der Waals surface area contributed by atoms with Gasteiger partial charge in [-0.15, -0.1) is 0 Å². The van der Waals surface area contributed by atoms with E-state index in [1.165, 1.54) is 44.9 Å². The van der Waals surface area contributed by atoms with Gasteiger partial charge in [-0.3, -0.25) is 4.99 Å². The molecule has 31 heavy (non-hydrogen) atoms. The number of aliphatic hydroxyl groups is 1. The summed E-state index contributed by atoms with van der Waals surface area (Å²) in [5.41, 5.74) is 0.470. The summed E-state index contributed by atoms with van der Waals surface area (Å²) in [5.74, 6) is 3.44. The number of rotatable bonds is 3. The number of fused-ring (bicyclic) bond motifs is 5. The Balaban J connectivity index is 1.35. The molecule has 4 aliphatic carbocycles. The predicted molar refractivity (Wildman–Crippen MR) is 130 cm³/mol. The van der Waals surface area contributed by atoms with Crippen molar-refractivity contribution in [2.45, 2.75) is 83.7 Å². The van der Waals surface area contributed by atoms with Crippen LogP contribution in [0.2, 0.25) is 0 Å². The lowest BCUT2D eigenvalue weighted by molar-refractivity contribution is -0.147. The molecule has 7 atom stereocenters. The average molecular weight is 489 g/mol. The highest BCUT2D eigenvalue weighted by atomic mass is 79.9. The van der Waals surface area contributed by atoms with Gasteiger partial charge in [-0.25, -0.2) is 0 Å². The first-order valence-electron chi connectivity index (χ1n) is 12.5. The van der Waals surface area contributed by atoms with Gasteiger partial charge in [0.2, 0.25) is 0 Å². The first-order valence-corrected chi connectivity index (χ1v) is 13.3. The SMILES string of the molecule is CC12CCCCC1CCC1C2CCC2(C)C1CCC2(O)CN=Cc1cc(Br)ccc1O. The molecule has 4 saturated carbocycles. The Hall–Kier alpha value is -0.870. The van der Waals surface area contributed by atoms with Crippen LogP contribution in [-0.2, 0) is 0 Å². The Morgan fingerprint density at radius 1 is 1.03 bits per heavy atom. The molecule has 0 heterocycles.